The SMILES string of the molecule is CCCCCCC/C=C\C/C=C\CCCCCCCCCCCCCC(=O)OC(COC(=O)CCCCCCCCCCCCCCCCCCCC)COP(=O)(O)OCC(O)CO. The summed E-state index contributed by atoms with van der Waals surface area (Å²) in [5, 5.41) is 18.4. The molecule has 378 valence electrons. The average Bonchev–Trinajstić information content (AvgIpc) is 3.28. The molecule has 64 heavy (non-hydrogen) atoms. The van der Waals surface area contributed by atoms with Gasteiger partial charge in [-0.3, -0.25) is 18.6 Å². The number of allylic oxidation sites excluding steroid dienone is 4. The monoisotopic (exact) mass is 929 g/mol. The predicted octanol–water partition coefficient (Wildman–Crippen LogP) is 15.3. The maximum absolute atomic E-state index is 12.7. The van der Waals surface area contributed by atoms with Crippen molar-refractivity contribution < 1.29 is 47.8 Å². The lowest BCUT2D eigenvalue weighted by Crippen LogP contribution is -2.29. The molecule has 10 nitrogen and oxygen atoms in total. The summed E-state index contributed by atoms with van der Waals surface area (Å²) < 4.78 is 32.9. The summed E-state index contributed by atoms with van der Waals surface area (Å²) in [5.41, 5.74) is 0. The van der Waals surface area contributed by atoms with Crippen molar-refractivity contribution in [1.29, 1.82) is 0 Å². The van der Waals surface area contributed by atoms with Crippen molar-refractivity contribution in [2.75, 3.05) is 26.4 Å². The van der Waals surface area contributed by atoms with Crippen molar-refractivity contribution in [1.82, 2.24) is 0 Å². The Bertz CT molecular complexity index is 1110. The molecule has 3 unspecified atom stereocenters. The van der Waals surface area contributed by atoms with Crippen LogP contribution in [0.25, 0.3) is 0 Å². The molecule has 0 aliphatic heterocycles. The van der Waals surface area contributed by atoms with E-state index in [-0.39, 0.29) is 19.4 Å². The van der Waals surface area contributed by atoms with Crippen molar-refractivity contribution in [2.24, 2.45) is 0 Å². The summed E-state index contributed by atoms with van der Waals surface area (Å²) in [6.07, 6.45) is 52.9. The van der Waals surface area contributed by atoms with Crippen molar-refractivity contribution in [3.8, 4) is 0 Å². The molecule has 0 heterocycles. The number of aliphatic hydroxyl groups excluding tert-OH is 2. The highest BCUT2D eigenvalue weighted by Crippen LogP contribution is 2.43. The Hall–Kier alpha value is -1.55. The van der Waals surface area contributed by atoms with E-state index in [2.05, 4.69) is 38.2 Å². The number of carbonyl (C=O) groups excluding carboxylic acids is 2. The van der Waals surface area contributed by atoms with E-state index < -0.39 is 51.8 Å². The summed E-state index contributed by atoms with van der Waals surface area (Å²) in [6, 6.07) is 0. The fourth-order valence-electron chi connectivity index (χ4n) is 7.73. The number of rotatable bonds is 51. The van der Waals surface area contributed by atoms with E-state index in [1.165, 1.54) is 180 Å². The second kappa shape index (κ2) is 49.4. The molecule has 0 aromatic heterocycles. The van der Waals surface area contributed by atoms with Crippen molar-refractivity contribution in [2.45, 2.75) is 276 Å². The molecule has 0 aromatic carbocycles. The zero-order valence-corrected chi connectivity index (χ0v) is 42.4. The zero-order chi connectivity index (χ0) is 46.9. The zero-order valence-electron chi connectivity index (χ0n) is 41.5. The lowest BCUT2D eigenvalue weighted by molar-refractivity contribution is -0.161. The third kappa shape index (κ3) is 48.4. The van der Waals surface area contributed by atoms with Gasteiger partial charge in [-0.15, -0.1) is 0 Å². The Morgan fingerprint density at radius 3 is 1.20 bits per heavy atom. The van der Waals surface area contributed by atoms with Crippen molar-refractivity contribution in [3.05, 3.63) is 24.3 Å². The molecule has 0 fully saturated rings. The molecular weight excluding hydrogens is 828 g/mol. The summed E-state index contributed by atoms with van der Waals surface area (Å²) in [4.78, 5) is 35.2. The molecule has 3 atom stereocenters. The Morgan fingerprint density at radius 2 is 0.812 bits per heavy atom. The molecule has 0 saturated carbocycles. The van der Waals surface area contributed by atoms with Gasteiger partial charge >= 0.3 is 19.8 Å². The van der Waals surface area contributed by atoms with Gasteiger partial charge in [0, 0.05) is 12.8 Å². The summed E-state index contributed by atoms with van der Waals surface area (Å²) in [7, 11) is -4.62. The Labute approximate surface area is 393 Å². The van der Waals surface area contributed by atoms with Crippen LogP contribution in [0.1, 0.15) is 264 Å². The van der Waals surface area contributed by atoms with E-state index in [1.54, 1.807) is 0 Å². The molecule has 0 spiro atoms. The van der Waals surface area contributed by atoms with Crippen LogP contribution in [0.5, 0.6) is 0 Å². The number of hydrogen-bond donors (Lipinski definition) is 3. The first-order valence-corrected chi connectivity index (χ1v) is 28.3. The number of phosphoric acid groups is 1. The van der Waals surface area contributed by atoms with Crippen LogP contribution < -0.4 is 0 Å². The number of esters is 2. The highest BCUT2D eigenvalue weighted by atomic mass is 31.2. The Morgan fingerprint density at radius 1 is 0.469 bits per heavy atom. The van der Waals surface area contributed by atoms with Gasteiger partial charge in [0.2, 0.25) is 0 Å². The van der Waals surface area contributed by atoms with Gasteiger partial charge in [-0.05, 0) is 44.9 Å². The quantitative estimate of drug-likeness (QED) is 0.0233. The number of hydrogen-bond acceptors (Lipinski definition) is 9. The third-order valence-electron chi connectivity index (χ3n) is 11.9. The van der Waals surface area contributed by atoms with Gasteiger partial charge in [-0.1, -0.05) is 231 Å². The maximum Gasteiger partial charge on any atom is 0.472 e. The first-order chi connectivity index (χ1) is 31.2. The molecule has 0 radical (unpaired) electrons. The van der Waals surface area contributed by atoms with Gasteiger partial charge < -0.3 is 24.6 Å². The normalized spacial score (nSPS) is 13.8. The van der Waals surface area contributed by atoms with Crippen LogP contribution in [0.3, 0.4) is 0 Å². The Balaban J connectivity index is 4.13. The van der Waals surface area contributed by atoms with E-state index >= 15 is 0 Å². The highest BCUT2D eigenvalue weighted by Gasteiger charge is 2.27. The van der Waals surface area contributed by atoms with E-state index in [9.17, 15) is 24.2 Å². The minimum Gasteiger partial charge on any atom is -0.462 e. The average molecular weight is 929 g/mol. The Kier molecular flexibility index (Phi) is 48.2. The predicted molar refractivity (Wildman–Crippen MR) is 265 cm³/mol. The standard InChI is InChI=1S/C53H101O10P/c1-3-5-7-9-11-13-15-17-19-21-23-24-25-26-27-29-31-33-35-37-39-41-43-45-53(57)63-51(49-62-64(58,59)61-47-50(55)46-54)48-60-52(56)44-42-40-38-36-34-32-30-28-22-20-18-16-14-12-10-8-6-4-2/h15,17,21,23,50-51,54-55H,3-14,16,18-20,22,24-49H2,1-2H3,(H,58,59)/b17-15-,23-21-. The molecule has 3 N–H and O–H groups in total. The van der Waals surface area contributed by atoms with Crippen molar-refractivity contribution in [3.63, 3.8) is 0 Å². The third-order valence-corrected chi connectivity index (χ3v) is 12.8. The number of ether oxygens (including phenoxy) is 2. The summed E-state index contributed by atoms with van der Waals surface area (Å²) in [6.45, 7) is 2.43. The smallest absolute Gasteiger partial charge is 0.462 e. The maximum atomic E-state index is 12.7. The van der Waals surface area contributed by atoms with Crippen LogP contribution in [0, 0.1) is 0 Å². The lowest BCUT2D eigenvalue weighted by atomic mass is 10.0. The van der Waals surface area contributed by atoms with Crippen LogP contribution in [0.2, 0.25) is 0 Å². The number of carbonyl (C=O) groups is 2. The fourth-order valence-corrected chi connectivity index (χ4v) is 8.52. The van der Waals surface area contributed by atoms with E-state index in [4.69, 9.17) is 23.6 Å². The van der Waals surface area contributed by atoms with E-state index in [0.717, 1.165) is 44.9 Å². The minimum absolute atomic E-state index is 0.185. The molecule has 0 bridgehead atoms. The lowest BCUT2D eigenvalue weighted by Gasteiger charge is -2.20. The van der Waals surface area contributed by atoms with Gasteiger partial charge in [0.25, 0.3) is 0 Å². The van der Waals surface area contributed by atoms with Crippen molar-refractivity contribution >= 4 is 19.8 Å². The van der Waals surface area contributed by atoms with Gasteiger partial charge in [0.1, 0.15) is 12.7 Å². The first-order valence-electron chi connectivity index (χ1n) is 26.8. The van der Waals surface area contributed by atoms with Crippen LogP contribution in [0.4, 0.5) is 0 Å². The molecule has 0 aliphatic carbocycles. The second-order valence-corrected chi connectivity index (χ2v) is 19.7. The van der Waals surface area contributed by atoms with Crippen LogP contribution in [-0.4, -0.2) is 65.7 Å². The van der Waals surface area contributed by atoms with Gasteiger partial charge in [-0.2, -0.15) is 0 Å². The summed E-state index contributed by atoms with van der Waals surface area (Å²) >= 11 is 0. The molecule has 0 aliphatic rings. The van der Waals surface area contributed by atoms with Gasteiger partial charge in [0.15, 0.2) is 6.10 Å². The van der Waals surface area contributed by atoms with Gasteiger partial charge in [0.05, 0.1) is 19.8 Å². The van der Waals surface area contributed by atoms with Crippen LogP contribution >= 0.6 is 7.82 Å². The second-order valence-electron chi connectivity index (χ2n) is 18.3. The minimum atomic E-state index is -4.62. The molecule has 11 heteroatoms. The highest BCUT2D eigenvalue weighted by molar-refractivity contribution is 7.47. The fraction of sp³-hybridized carbons (Fsp3) is 0.887. The molecule has 0 amide bonds. The van der Waals surface area contributed by atoms with E-state index in [1.807, 2.05) is 0 Å². The van der Waals surface area contributed by atoms with Crippen LogP contribution in [0.15, 0.2) is 24.3 Å². The molecule has 0 saturated heterocycles. The van der Waals surface area contributed by atoms with Crippen LogP contribution in [-0.2, 0) is 32.7 Å². The van der Waals surface area contributed by atoms with Gasteiger partial charge in [-0.25, -0.2) is 4.57 Å². The summed E-state index contributed by atoms with van der Waals surface area (Å²) in [5.74, 6) is -0.911. The molecular formula is C53H101O10P. The molecule has 0 aromatic rings. The largest absolute Gasteiger partial charge is 0.472 e. The number of phosphoric ester groups is 1. The van der Waals surface area contributed by atoms with E-state index in [0.29, 0.717) is 12.8 Å². The first kappa shape index (κ1) is 62.4. The number of unbranched alkanes of at least 4 members (excludes halogenated alkanes) is 33. The molecule has 0 rings (SSSR count). The topological polar surface area (TPSA) is 149 Å². The number of aliphatic hydroxyl groups is 2.